The first-order chi connectivity index (χ1) is 12.6. The minimum atomic E-state index is -0.627. The first kappa shape index (κ1) is 18.8. The van der Waals surface area contributed by atoms with E-state index in [1.54, 1.807) is 0 Å². The van der Waals surface area contributed by atoms with Crippen LogP contribution in [0, 0.1) is 11.3 Å². The Labute approximate surface area is 162 Å². The van der Waals surface area contributed by atoms with E-state index >= 15 is 0 Å². The van der Waals surface area contributed by atoms with Crippen molar-refractivity contribution in [2.24, 2.45) is 11.3 Å². The maximum Gasteiger partial charge on any atom is 0.225 e. The molecule has 148 valence electrons. The van der Waals surface area contributed by atoms with Gasteiger partial charge in [-0.3, -0.25) is 4.79 Å². The summed E-state index contributed by atoms with van der Waals surface area (Å²) in [5, 5.41) is 9.86. The molecule has 1 amide bonds. The number of rotatable bonds is 3. The fourth-order valence-corrected chi connectivity index (χ4v) is 5.12. The molecule has 1 N–H and O–H groups in total. The highest BCUT2D eigenvalue weighted by Crippen LogP contribution is 2.48. The Balaban J connectivity index is 1.27. The zero-order valence-electron chi connectivity index (χ0n) is 17.1. The van der Waals surface area contributed by atoms with E-state index < -0.39 is 5.60 Å². The maximum absolute atomic E-state index is 12.5. The Morgan fingerprint density at radius 3 is 2.33 bits per heavy atom. The Kier molecular flexibility index (Phi) is 4.34. The average molecular weight is 372 g/mol. The number of carbonyl (C=O) groups excluding carboxylic acids is 1. The van der Waals surface area contributed by atoms with E-state index in [2.05, 4.69) is 45.0 Å². The molecule has 0 aromatic heterocycles. The molecule has 1 aromatic carbocycles. The number of likely N-dealkylation sites (tertiary alicyclic amines) is 1. The number of aliphatic hydroxyl groups is 1. The fourth-order valence-electron chi connectivity index (χ4n) is 5.12. The van der Waals surface area contributed by atoms with Gasteiger partial charge in [0.2, 0.25) is 5.91 Å². The monoisotopic (exact) mass is 371 g/mol. The van der Waals surface area contributed by atoms with Crippen LogP contribution in [-0.2, 0) is 10.2 Å². The molecule has 1 aliphatic heterocycles. The van der Waals surface area contributed by atoms with Gasteiger partial charge in [0, 0.05) is 24.4 Å². The Hall–Kier alpha value is -1.55. The predicted octanol–water partition coefficient (Wildman–Crippen LogP) is 3.91. The number of amides is 1. The summed E-state index contributed by atoms with van der Waals surface area (Å²) < 4.78 is 6.24. The maximum atomic E-state index is 12.5. The van der Waals surface area contributed by atoms with E-state index in [1.165, 1.54) is 5.56 Å². The molecule has 1 aromatic rings. The molecule has 3 fully saturated rings. The molecule has 1 unspecified atom stereocenters. The van der Waals surface area contributed by atoms with Gasteiger partial charge in [0.05, 0.1) is 11.7 Å². The van der Waals surface area contributed by atoms with Crippen LogP contribution >= 0.6 is 0 Å². The largest absolute Gasteiger partial charge is 0.490 e. The summed E-state index contributed by atoms with van der Waals surface area (Å²) in [6.45, 7) is 10.2. The predicted molar refractivity (Wildman–Crippen MR) is 106 cm³/mol. The van der Waals surface area contributed by atoms with Crippen molar-refractivity contribution in [3.05, 3.63) is 29.8 Å². The SMILES string of the molecule is CC1(O)CC(C(=O)N2CC3(CCC(Oc4ccc(C(C)(C)C)cc4)C3)C2)C1. The van der Waals surface area contributed by atoms with E-state index in [-0.39, 0.29) is 28.8 Å². The topological polar surface area (TPSA) is 49.8 Å². The van der Waals surface area contributed by atoms with Gasteiger partial charge in [-0.15, -0.1) is 0 Å². The lowest BCUT2D eigenvalue weighted by Gasteiger charge is -2.51. The first-order valence-electron chi connectivity index (χ1n) is 10.3. The van der Waals surface area contributed by atoms with Crippen LogP contribution in [-0.4, -0.2) is 40.7 Å². The first-order valence-corrected chi connectivity index (χ1v) is 10.3. The van der Waals surface area contributed by atoms with Crippen LogP contribution < -0.4 is 4.74 Å². The molecular formula is C23H33NO3. The van der Waals surface area contributed by atoms with Crippen LogP contribution in [0.2, 0.25) is 0 Å². The van der Waals surface area contributed by atoms with Gasteiger partial charge in [-0.25, -0.2) is 0 Å². The van der Waals surface area contributed by atoms with Crippen LogP contribution in [0.1, 0.15) is 65.4 Å². The van der Waals surface area contributed by atoms with Gasteiger partial charge in [0.15, 0.2) is 0 Å². The van der Waals surface area contributed by atoms with Crippen molar-refractivity contribution in [2.45, 2.75) is 76.9 Å². The lowest BCUT2D eigenvalue weighted by Crippen LogP contribution is -2.61. The van der Waals surface area contributed by atoms with Crippen molar-refractivity contribution in [1.82, 2.24) is 4.90 Å². The van der Waals surface area contributed by atoms with Crippen molar-refractivity contribution in [2.75, 3.05) is 13.1 Å². The van der Waals surface area contributed by atoms with Crippen LogP contribution in [0.15, 0.2) is 24.3 Å². The quantitative estimate of drug-likeness (QED) is 0.876. The third kappa shape index (κ3) is 3.73. The molecular weight excluding hydrogens is 338 g/mol. The van der Waals surface area contributed by atoms with Crippen LogP contribution in [0.5, 0.6) is 5.75 Å². The van der Waals surface area contributed by atoms with Gasteiger partial charge in [0.25, 0.3) is 0 Å². The molecule has 0 radical (unpaired) electrons. The third-order valence-electron chi connectivity index (χ3n) is 6.77. The van der Waals surface area contributed by atoms with Crippen molar-refractivity contribution < 1.29 is 14.6 Å². The number of benzene rings is 1. The normalized spacial score (nSPS) is 32.1. The van der Waals surface area contributed by atoms with Gasteiger partial charge >= 0.3 is 0 Å². The minimum absolute atomic E-state index is 0.0344. The molecule has 27 heavy (non-hydrogen) atoms. The van der Waals surface area contributed by atoms with E-state index in [4.69, 9.17) is 4.74 Å². The van der Waals surface area contributed by atoms with E-state index in [0.717, 1.165) is 38.1 Å². The highest BCUT2D eigenvalue weighted by Gasteiger charge is 2.53. The highest BCUT2D eigenvalue weighted by molar-refractivity contribution is 5.81. The molecule has 2 aliphatic carbocycles. The average Bonchev–Trinajstić information content (AvgIpc) is 2.94. The number of nitrogens with zero attached hydrogens (tertiary/aromatic N) is 1. The molecule has 1 atom stereocenters. The molecule has 0 bridgehead atoms. The van der Waals surface area contributed by atoms with E-state index in [9.17, 15) is 9.90 Å². The summed E-state index contributed by atoms with van der Waals surface area (Å²) in [5.74, 6) is 1.23. The van der Waals surface area contributed by atoms with Gasteiger partial charge in [-0.2, -0.15) is 0 Å². The Bertz CT molecular complexity index is 702. The van der Waals surface area contributed by atoms with Gasteiger partial charge in [0.1, 0.15) is 5.75 Å². The second-order valence-corrected chi connectivity index (χ2v) is 10.6. The summed E-state index contributed by atoms with van der Waals surface area (Å²) in [5.41, 5.74) is 1.11. The zero-order valence-corrected chi connectivity index (χ0v) is 17.1. The number of carbonyl (C=O) groups is 1. The molecule has 2 saturated carbocycles. The lowest BCUT2D eigenvalue weighted by atomic mass is 9.70. The second kappa shape index (κ2) is 6.23. The summed E-state index contributed by atoms with van der Waals surface area (Å²) in [6.07, 6.45) is 4.75. The summed E-state index contributed by atoms with van der Waals surface area (Å²) in [4.78, 5) is 14.5. The molecule has 1 heterocycles. The van der Waals surface area contributed by atoms with Crippen molar-refractivity contribution in [1.29, 1.82) is 0 Å². The van der Waals surface area contributed by atoms with Crippen LogP contribution in [0.25, 0.3) is 0 Å². The van der Waals surface area contributed by atoms with Gasteiger partial charge in [-0.1, -0.05) is 32.9 Å². The Morgan fingerprint density at radius 2 is 1.78 bits per heavy atom. The molecule has 1 saturated heterocycles. The number of ether oxygens (including phenoxy) is 1. The number of hydrogen-bond donors (Lipinski definition) is 1. The second-order valence-electron chi connectivity index (χ2n) is 10.6. The fraction of sp³-hybridized carbons (Fsp3) is 0.696. The van der Waals surface area contributed by atoms with Crippen LogP contribution in [0.3, 0.4) is 0 Å². The molecule has 1 spiro atoms. The van der Waals surface area contributed by atoms with Gasteiger partial charge < -0.3 is 14.7 Å². The van der Waals surface area contributed by atoms with E-state index in [1.807, 2.05) is 11.8 Å². The summed E-state index contributed by atoms with van der Waals surface area (Å²) >= 11 is 0. The smallest absolute Gasteiger partial charge is 0.225 e. The highest BCUT2D eigenvalue weighted by atomic mass is 16.5. The van der Waals surface area contributed by atoms with Crippen LogP contribution in [0.4, 0.5) is 0 Å². The van der Waals surface area contributed by atoms with E-state index in [0.29, 0.717) is 12.8 Å². The molecule has 4 rings (SSSR count). The minimum Gasteiger partial charge on any atom is -0.490 e. The van der Waals surface area contributed by atoms with Crippen molar-refractivity contribution in [3.8, 4) is 5.75 Å². The lowest BCUT2D eigenvalue weighted by molar-refractivity contribution is -0.161. The molecule has 3 aliphatic rings. The van der Waals surface area contributed by atoms with Gasteiger partial charge in [-0.05, 0) is 62.1 Å². The van der Waals surface area contributed by atoms with Crippen molar-refractivity contribution in [3.63, 3.8) is 0 Å². The molecule has 4 heteroatoms. The third-order valence-corrected chi connectivity index (χ3v) is 6.77. The molecule has 4 nitrogen and oxygen atoms in total. The summed E-state index contributed by atoms with van der Waals surface area (Å²) in [7, 11) is 0. The van der Waals surface area contributed by atoms with Crippen molar-refractivity contribution >= 4 is 5.91 Å². The zero-order chi connectivity index (χ0) is 19.4. The Morgan fingerprint density at radius 1 is 1.15 bits per heavy atom. The summed E-state index contributed by atoms with van der Waals surface area (Å²) in [6, 6.07) is 8.50. The standard InChI is InChI=1S/C23H33NO3/c1-21(2,3)17-5-7-18(8-6-17)27-19-9-10-23(13-19)14-24(15-23)20(25)16-11-22(4,26)12-16/h5-8,16,19,26H,9-15H2,1-4H3. The number of hydrogen-bond acceptors (Lipinski definition) is 3.